The van der Waals surface area contributed by atoms with Gasteiger partial charge in [-0.2, -0.15) is 5.26 Å². The van der Waals surface area contributed by atoms with Crippen LogP contribution in [-0.4, -0.2) is 42.0 Å². The largest absolute Gasteiger partial charge is 0.353 e. The molecule has 1 atom stereocenters. The fourth-order valence-corrected chi connectivity index (χ4v) is 4.29. The van der Waals surface area contributed by atoms with Gasteiger partial charge in [0.25, 0.3) is 0 Å². The van der Waals surface area contributed by atoms with Gasteiger partial charge in [0.15, 0.2) is 0 Å². The zero-order valence-corrected chi connectivity index (χ0v) is 15.4. The molecule has 1 saturated carbocycles. The molecule has 0 N–H and O–H groups in total. The Morgan fingerprint density at radius 1 is 1.42 bits per heavy atom. The van der Waals surface area contributed by atoms with Crippen LogP contribution in [0.25, 0.3) is 0 Å². The third kappa shape index (κ3) is 2.34. The lowest BCUT2D eigenvalue weighted by Gasteiger charge is -2.44. The maximum atomic E-state index is 9.26. The van der Waals surface area contributed by atoms with E-state index in [1.54, 1.807) is 25.5 Å². The second-order valence-corrected chi connectivity index (χ2v) is 7.44. The molecule has 2 aliphatic heterocycles. The van der Waals surface area contributed by atoms with E-state index in [2.05, 4.69) is 44.3 Å². The summed E-state index contributed by atoms with van der Waals surface area (Å²) in [5, 5.41) is 9.26. The monoisotopic (exact) mass is 348 g/mol. The molecule has 6 heteroatoms. The molecule has 0 aromatic carbocycles. The zero-order valence-electron chi connectivity index (χ0n) is 15.4. The third-order valence-corrected chi connectivity index (χ3v) is 6.10. The van der Waals surface area contributed by atoms with E-state index < -0.39 is 0 Å². The van der Waals surface area contributed by atoms with Crippen molar-refractivity contribution < 1.29 is 0 Å². The van der Waals surface area contributed by atoms with Crippen molar-refractivity contribution in [1.29, 1.82) is 5.26 Å². The van der Waals surface area contributed by atoms with E-state index in [1.165, 1.54) is 18.4 Å². The van der Waals surface area contributed by atoms with Gasteiger partial charge in [0, 0.05) is 37.2 Å². The first-order valence-electron chi connectivity index (χ1n) is 9.24. The second kappa shape index (κ2) is 6.24. The number of hydrogen-bond donors (Lipinski definition) is 0. The first-order valence-corrected chi connectivity index (χ1v) is 9.24. The summed E-state index contributed by atoms with van der Waals surface area (Å²) in [5.41, 5.74) is 1.91. The molecule has 1 aliphatic carbocycles. The molecular weight excluding hydrogens is 324 g/mol. The molecule has 1 saturated heterocycles. The van der Waals surface area contributed by atoms with Crippen molar-refractivity contribution in [3.8, 4) is 6.07 Å². The van der Waals surface area contributed by atoms with E-state index in [-0.39, 0.29) is 5.41 Å². The zero-order chi connectivity index (χ0) is 18.3. The Hall–Kier alpha value is -2.68. The van der Waals surface area contributed by atoms with Crippen LogP contribution in [0.3, 0.4) is 0 Å². The fraction of sp³-hybridized carbons (Fsp3) is 0.500. The summed E-state index contributed by atoms with van der Waals surface area (Å²) >= 11 is 0. The van der Waals surface area contributed by atoms with Crippen LogP contribution in [0.2, 0.25) is 0 Å². The number of allylic oxidation sites excluding steroid dienone is 2. The Morgan fingerprint density at radius 2 is 2.19 bits per heavy atom. The maximum absolute atomic E-state index is 9.26. The molecule has 1 aromatic heterocycles. The average molecular weight is 348 g/mol. The lowest BCUT2D eigenvalue weighted by Crippen LogP contribution is -2.48. The van der Waals surface area contributed by atoms with Gasteiger partial charge in [0.05, 0.1) is 11.6 Å². The van der Waals surface area contributed by atoms with E-state index in [0.717, 1.165) is 43.4 Å². The van der Waals surface area contributed by atoms with Crippen LogP contribution < -0.4 is 9.80 Å². The molecule has 3 heterocycles. The highest BCUT2D eigenvalue weighted by molar-refractivity contribution is 6.08. The number of aromatic nitrogens is 2. The summed E-state index contributed by atoms with van der Waals surface area (Å²) in [6.45, 7) is 7.88. The van der Waals surface area contributed by atoms with Gasteiger partial charge in [-0.1, -0.05) is 19.1 Å². The van der Waals surface area contributed by atoms with Gasteiger partial charge in [-0.15, -0.1) is 0 Å². The number of aliphatic imine (C=N–C) groups is 1. The summed E-state index contributed by atoms with van der Waals surface area (Å²) in [7, 11) is 1.76. The van der Waals surface area contributed by atoms with Crippen molar-refractivity contribution in [2.75, 3.05) is 29.9 Å². The quantitative estimate of drug-likeness (QED) is 0.363. The van der Waals surface area contributed by atoms with Gasteiger partial charge >= 0.3 is 0 Å². The van der Waals surface area contributed by atoms with Gasteiger partial charge in [-0.05, 0) is 32.3 Å². The van der Waals surface area contributed by atoms with E-state index >= 15 is 0 Å². The molecule has 0 amide bonds. The summed E-state index contributed by atoms with van der Waals surface area (Å²) in [6, 6.07) is 2.69. The number of amidine groups is 1. The topological polar surface area (TPSA) is 68.4 Å². The maximum Gasteiger partial charge on any atom is 0.143 e. The first kappa shape index (κ1) is 16.8. The molecule has 0 unspecified atom stereocenters. The summed E-state index contributed by atoms with van der Waals surface area (Å²) in [4.78, 5) is 18.3. The van der Waals surface area contributed by atoms with E-state index in [4.69, 9.17) is 0 Å². The molecular formula is C20H24N6. The molecule has 134 valence electrons. The summed E-state index contributed by atoms with van der Waals surface area (Å²) in [6.07, 6.45) is 9.79. The molecule has 6 nitrogen and oxygen atoms in total. The van der Waals surface area contributed by atoms with Crippen molar-refractivity contribution in [2.24, 2.45) is 4.99 Å². The number of nitriles is 1. The van der Waals surface area contributed by atoms with E-state index in [0.29, 0.717) is 11.6 Å². The van der Waals surface area contributed by atoms with Crippen LogP contribution in [0.5, 0.6) is 0 Å². The van der Waals surface area contributed by atoms with Crippen LogP contribution in [0.1, 0.15) is 38.2 Å². The SMILES string of the molecule is C=C/C(C#N)=C\C(=NC)N1CC2(CCC2)c2c1ncnc2N1CC[C@H]1C. The van der Waals surface area contributed by atoms with Gasteiger partial charge in [-0.3, -0.25) is 4.99 Å². The molecule has 1 aromatic rings. The molecule has 1 spiro atoms. The predicted molar refractivity (Wildman–Crippen MR) is 104 cm³/mol. The van der Waals surface area contributed by atoms with Crippen molar-refractivity contribution >= 4 is 17.5 Å². The van der Waals surface area contributed by atoms with Crippen LogP contribution in [-0.2, 0) is 5.41 Å². The average Bonchev–Trinajstić information content (AvgIpc) is 2.98. The van der Waals surface area contributed by atoms with E-state index in [1.807, 2.05) is 0 Å². The van der Waals surface area contributed by atoms with Crippen molar-refractivity contribution in [3.05, 3.63) is 36.2 Å². The molecule has 2 fully saturated rings. The van der Waals surface area contributed by atoms with Crippen LogP contribution >= 0.6 is 0 Å². The highest BCUT2D eigenvalue weighted by Gasteiger charge is 2.51. The van der Waals surface area contributed by atoms with E-state index in [9.17, 15) is 5.26 Å². The third-order valence-electron chi connectivity index (χ3n) is 6.10. The highest BCUT2D eigenvalue weighted by Crippen LogP contribution is 2.55. The lowest BCUT2D eigenvalue weighted by atomic mass is 9.66. The number of fused-ring (bicyclic) bond motifs is 2. The molecule has 3 aliphatic rings. The smallest absolute Gasteiger partial charge is 0.143 e. The Morgan fingerprint density at radius 3 is 2.69 bits per heavy atom. The molecule has 4 rings (SSSR count). The summed E-state index contributed by atoms with van der Waals surface area (Å²) < 4.78 is 0. The highest BCUT2D eigenvalue weighted by atomic mass is 15.3. The Kier molecular flexibility index (Phi) is 4.03. The number of anilines is 2. The van der Waals surface area contributed by atoms with Crippen molar-refractivity contribution in [2.45, 2.75) is 44.1 Å². The van der Waals surface area contributed by atoms with Crippen LogP contribution in [0.15, 0.2) is 35.6 Å². The Balaban J connectivity index is 1.81. The van der Waals surface area contributed by atoms with Crippen LogP contribution in [0, 0.1) is 11.3 Å². The minimum Gasteiger partial charge on any atom is -0.353 e. The number of hydrogen-bond acceptors (Lipinski definition) is 5. The van der Waals surface area contributed by atoms with Gasteiger partial charge in [0.1, 0.15) is 23.8 Å². The van der Waals surface area contributed by atoms with Gasteiger partial charge < -0.3 is 9.80 Å². The standard InChI is InChI=1S/C20H24N6/c1-4-15(11-21)10-16(22-3)26-12-20(7-5-8-20)17-18(23-13-24-19(17)26)25-9-6-14(25)2/h4,10,13-14H,1,5-9,12H2,2-3H3/b15-10+,22-16?/t14-/m1/s1. The molecule has 26 heavy (non-hydrogen) atoms. The molecule has 0 radical (unpaired) electrons. The fourth-order valence-electron chi connectivity index (χ4n) is 4.29. The minimum absolute atomic E-state index is 0.117. The van der Waals surface area contributed by atoms with Gasteiger partial charge in [0.2, 0.25) is 0 Å². The lowest BCUT2D eigenvalue weighted by molar-refractivity contribution is 0.266. The predicted octanol–water partition coefficient (Wildman–Crippen LogP) is 2.98. The normalized spacial score (nSPS) is 24.0. The Bertz CT molecular complexity index is 842. The molecule has 0 bridgehead atoms. The Labute approximate surface area is 154 Å². The second-order valence-electron chi connectivity index (χ2n) is 7.44. The van der Waals surface area contributed by atoms with Crippen molar-refractivity contribution in [1.82, 2.24) is 9.97 Å². The van der Waals surface area contributed by atoms with Crippen LogP contribution in [0.4, 0.5) is 11.6 Å². The first-order chi connectivity index (χ1) is 12.6. The summed E-state index contributed by atoms with van der Waals surface area (Å²) in [5.74, 6) is 2.80. The van der Waals surface area contributed by atoms with Gasteiger partial charge in [-0.25, -0.2) is 9.97 Å². The number of nitrogens with zero attached hydrogens (tertiary/aromatic N) is 6. The van der Waals surface area contributed by atoms with Crippen molar-refractivity contribution in [3.63, 3.8) is 0 Å². The minimum atomic E-state index is 0.117. The number of rotatable bonds is 3.